The van der Waals surface area contributed by atoms with Crippen LogP contribution in [0, 0.1) is 0 Å². The number of hydrogen-bond donors (Lipinski definition) is 0. The van der Waals surface area contributed by atoms with Crippen LogP contribution in [0.5, 0.6) is 0 Å². The van der Waals surface area contributed by atoms with Crippen molar-refractivity contribution < 1.29 is 19.1 Å². The van der Waals surface area contributed by atoms with Gasteiger partial charge in [-0.3, -0.25) is 4.79 Å². The number of ketones is 1. The number of methoxy groups -OCH3 is 1. The minimum Gasteiger partial charge on any atom is -0.460 e. The van der Waals surface area contributed by atoms with Gasteiger partial charge in [0, 0.05) is 13.5 Å². The Balaban J connectivity index is 2.33. The molecule has 0 saturated heterocycles. The van der Waals surface area contributed by atoms with Crippen molar-refractivity contribution in [2.24, 2.45) is 0 Å². The zero-order valence-electron chi connectivity index (χ0n) is 10.0. The average Bonchev–Trinajstić information content (AvgIpc) is 2.27. The lowest BCUT2D eigenvalue weighted by Crippen LogP contribution is -2.35. The van der Waals surface area contributed by atoms with E-state index in [4.69, 9.17) is 9.47 Å². The Bertz CT molecular complexity index is 249. The average molecular weight is 228 g/mol. The summed E-state index contributed by atoms with van der Waals surface area (Å²) in [4.78, 5) is 22.2. The molecule has 2 atom stereocenters. The fraction of sp³-hybridized carbons (Fsp3) is 0.833. The van der Waals surface area contributed by atoms with Gasteiger partial charge in [0.25, 0.3) is 0 Å². The molecular formula is C12H20O4. The van der Waals surface area contributed by atoms with Crippen molar-refractivity contribution in [3.63, 3.8) is 0 Å². The molecule has 2 unspecified atom stereocenters. The van der Waals surface area contributed by atoms with Gasteiger partial charge in [0.15, 0.2) is 0 Å². The zero-order chi connectivity index (χ0) is 12.0. The van der Waals surface area contributed by atoms with Crippen LogP contribution in [0.3, 0.4) is 0 Å². The first-order chi connectivity index (χ1) is 7.63. The highest BCUT2D eigenvalue weighted by molar-refractivity contribution is 5.81. The monoisotopic (exact) mass is 228 g/mol. The third kappa shape index (κ3) is 4.31. The number of rotatable bonds is 5. The third-order valence-corrected chi connectivity index (χ3v) is 2.91. The molecule has 4 nitrogen and oxygen atoms in total. The van der Waals surface area contributed by atoms with Crippen LogP contribution >= 0.6 is 0 Å². The van der Waals surface area contributed by atoms with Crippen LogP contribution in [0.15, 0.2) is 0 Å². The van der Waals surface area contributed by atoms with Crippen molar-refractivity contribution in [1.82, 2.24) is 0 Å². The normalized spacial score (nSPS) is 25.1. The summed E-state index contributed by atoms with van der Waals surface area (Å²) in [5.74, 6) is -0.270. The maximum atomic E-state index is 11.4. The molecule has 0 spiro atoms. The lowest BCUT2D eigenvalue weighted by molar-refractivity contribution is -0.159. The van der Waals surface area contributed by atoms with Gasteiger partial charge < -0.3 is 14.3 Å². The minimum atomic E-state index is -0.288. The molecule has 0 heterocycles. The molecule has 92 valence electrons. The van der Waals surface area contributed by atoms with E-state index in [2.05, 4.69) is 0 Å². The van der Waals surface area contributed by atoms with E-state index in [0.29, 0.717) is 0 Å². The fourth-order valence-corrected chi connectivity index (χ4v) is 1.97. The van der Waals surface area contributed by atoms with Crippen LogP contribution in [0.2, 0.25) is 0 Å². The van der Waals surface area contributed by atoms with Crippen molar-refractivity contribution in [1.29, 1.82) is 0 Å². The number of Topliss-reactive ketones (excluding diaryl/α,β-unsaturated/α-hetero) is 1. The quantitative estimate of drug-likeness (QED) is 0.674. The molecule has 0 aliphatic heterocycles. The molecule has 1 fully saturated rings. The summed E-state index contributed by atoms with van der Waals surface area (Å²) in [6.07, 6.45) is 4.36. The highest BCUT2D eigenvalue weighted by Crippen LogP contribution is 2.23. The zero-order valence-corrected chi connectivity index (χ0v) is 10.0. The van der Waals surface area contributed by atoms with Gasteiger partial charge in [-0.15, -0.1) is 0 Å². The van der Waals surface area contributed by atoms with Crippen molar-refractivity contribution in [2.75, 3.05) is 7.11 Å². The van der Waals surface area contributed by atoms with Gasteiger partial charge in [0.2, 0.25) is 0 Å². The van der Waals surface area contributed by atoms with Crippen molar-refractivity contribution in [3.8, 4) is 0 Å². The molecular weight excluding hydrogens is 208 g/mol. The highest BCUT2D eigenvalue weighted by Gasteiger charge is 2.27. The second kappa shape index (κ2) is 6.63. The van der Waals surface area contributed by atoms with Crippen molar-refractivity contribution in [3.05, 3.63) is 0 Å². The van der Waals surface area contributed by atoms with E-state index in [-0.39, 0.29) is 36.8 Å². The Morgan fingerprint density at radius 3 is 2.31 bits per heavy atom. The van der Waals surface area contributed by atoms with Gasteiger partial charge in [0.05, 0.1) is 12.5 Å². The molecule has 0 radical (unpaired) electrons. The minimum absolute atomic E-state index is 0.0175. The third-order valence-electron chi connectivity index (χ3n) is 2.91. The smallest absolute Gasteiger partial charge is 0.306 e. The standard InChI is InChI=1S/C12H20O4/c1-9(13)7-8-12(14)16-11-6-4-3-5-10(11)15-2/h10-11H,3-8H2,1-2H3. The number of carbonyl (C=O) groups excluding carboxylic acids is 2. The number of esters is 1. The molecule has 1 aliphatic carbocycles. The summed E-state index contributed by atoms with van der Waals surface area (Å²) in [6.45, 7) is 1.48. The Hall–Kier alpha value is -0.900. The molecule has 0 aromatic heterocycles. The Labute approximate surface area is 96.3 Å². The molecule has 0 amide bonds. The summed E-state index contributed by atoms with van der Waals surface area (Å²) in [5, 5.41) is 0. The first-order valence-corrected chi connectivity index (χ1v) is 5.85. The highest BCUT2D eigenvalue weighted by atomic mass is 16.6. The molecule has 4 heteroatoms. The van der Waals surface area contributed by atoms with E-state index in [1.54, 1.807) is 7.11 Å². The van der Waals surface area contributed by atoms with Gasteiger partial charge in [-0.25, -0.2) is 0 Å². The van der Waals surface area contributed by atoms with Crippen molar-refractivity contribution >= 4 is 11.8 Å². The largest absolute Gasteiger partial charge is 0.460 e. The predicted molar refractivity (Wildman–Crippen MR) is 59.1 cm³/mol. The number of hydrogen-bond acceptors (Lipinski definition) is 4. The lowest BCUT2D eigenvalue weighted by Gasteiger charge is -2.29. The summed E-state index contributed by atoms with van der Waals surface area (Å²) in [7, 11) is 1.65. The van der Waals surface area contributed by atoms with Crippen LogP contribution in [-0.4, -0.2) is 31.1 Å². The molecule has 0 aromatic rings. The Kier molecular flexibility index (Phi) is 5.46. The van der Waals surface area contributed by atoms with E-state index in [0.717, 1.165) is 25.7 Å². The van der Waals surface area contributed by atoms with Gasteiger partial charge in [-0.1, -0.05) is 6.42 Å². The van der Waals surface area contributed by atoms with E-state index in [1.807, 2.05) is 0 Å². The fourth-order valence-electron chi connectivity index (χ4n) is 1.97. The van der Waals surface area contributed by atoms with Crippen LogP contribution in [0.25, 0.3) is 0 Å². The SMILES string of the molecule is COC1CCCCC1OC(=O)CCC(C)=O. The molecule has 1 aliphatic rings. The molecule has 0 N–H and O–H groups in total. The molecule has 0 aromatic carbocycles. The number of carbonyl (C=O) groups is 2. The summed E-state index contributed by atoms with van der Waals surface area (Å²) in [5.41, 5.74) is 0. The van der Waals surface area contributed by atoms with E-state index < -0.39 is 0 Å². The second-order valence-corrected chi connectivity index (χ2v) is 4.29. The van der Waals surface area contributed by atoms with E-state index in [9.17, 15) is 9.59 Å². The van der Waals surface area contributed by atoms with Crippen molar-refractivity contribution in [2.45, 2.75) is 57.7 Å². The second-order valence-electron chi connectivity index (χ2n) is 4.29. The summed E-state index contributed by atoms with van der Waals surface area (Å²) < 4.78 is 10.6. The van der Waals surface area contributed by atoms with Crippen LogP contribution in [0.4, 0.5) is 0 Å². The Morgan fingerprint density at radius 2 is 1.75 bits per heavy atom. The predicted octanol–water partition coefficient (Wildman–Crippen LogP) is 1.86. The summed E-state index contributed by atoms with van der Waals surface area (Å²) in [6, 6.07) is 0. The van der Waals surface area contributed by atoms with E-state index >= 15 is 0 Å². The van der Waals surface area contributed by atoms with Crippen LogP contribution in [-0.2, 0) is 19.1 Å². The number of ether oxygens (including phenoxy) is 2. The maximum Gasteiger partial charge on any atom is 0.306 e. The van der Waals surface area contributed by atoms with Gasteiger partial charge >= 0.3 is 5.97 Å². The van der Waals surface area contributed by atoms with Gasteiger partial charge in [-0.05, 0) is 26.2 Å². The molecule has 16 heavy (non-hydrogen) atoms. The first kappa shape index (κ1) is 13.2. The lowest BCUT2D eigenvalue weighted by atomic mass is 9.94. The van der Waals surface area contributed by atoms with E-state index in [1.165, 1.54) is 6.92 Å². The molecule has 1 saturated carbocycles. The molecule has 0 bridgehead atoms. The molecule has 1 rings (SSSR count). The van der Waals surface area contributed by atoms with Crippen LogP contribution < -0.4 is 0 Å². The topological polar surface area (TPSA) is 52.6 Å². The maximum absolute atomic E-state index is 11.4. The summed E-state index contributed by atoms with van der Waals surface area (Å²) >= 11 is 0. The van der Waals surface area contributed by atoms with Crippen LogP contribution in [0.1, 0.15) is 45.4 Å². The Morgan fingerprint density at radius 1 is 1.12 bits per heavy atom. The van der Waals surface area contributed by atoms with Gasteiger partial charge in [0.1, 0.15) is 11.9 Å². The first-order valence-electron chi connectivity index (χ1n) is 5.85. The van der Waals surface area contributed by atoms with Gasteiger partial charge in [-0.2, -0.15) is 0 Å².